The Morgan fingerprint density at radius 2 is 1.78 bits per heavy atom. The van der Waals surface area contributed by atoms with Crippen molar-refractivity contribution in [1.82, 2.24) is 0 Å². The van der Waals surface area contributed by atoms with E-state index in [0.717, 1.165) is 0 Å². The van der Waals surface area contributed by atoms with Crippen LogP contribution in [0.1, 0.15) is 20.8 Å². The number of hydrogen-bond donors (Lipinski definition) is 0. The van der Waals surface area contributed by atoms with E-state index in [0.29, 0.717) is 5.75 Å². The van der Waals surface area contributed by atoms with Crippen LogP contribution in [-0.4, -0.2) is 22.1 Å². The smallest absolute Gasteiger partial charge is 0.0204 e. The van der Waals surface area contributed by atoms with E-state index in [2.05, 4.69) is 26.6 Å². The van der Waals surface area contributed by atoms with Crippen LogP contribution < -0.4 is 0 Å². The lowest BCUT2D eigenvalue weighted by Gasteiger charge is -2.18. The van der Waals surface area contributed by atoms with Gasteiger partial charge in [-0.15, -0.1) is 0 Å². The van der Waals surface area contributed by atoms with E-state index in [9.17, 15) is 4.21 Å². The molecule has 0 amide bonds. The monoisotopic (exact) mass is 148 g/mol. The molecule has 0 aromatic heterocycles. The molecule has 0 aromatic rings. The number of rotatable bonds is 1. The van der Waals surface area contributed by atoms with Crippen LogP contribution in [0.2, 0.25) is 0 Å². The molecule has 0 aliphatic carbocycles. The van der Waals surface area contributed by atoms with Crippen molar-refractivity contribution in [3.8, 4) is 0 Å². The first kappa shape index (κ1) is 9.02. The highest BCUT2D eigenvalue weighted by atomic mass is 32.2. The zero-order valence-electron chi connectivity index (χ0n) is 6.73. The largest absolute Gasteiger partial charge is 0.268 e. The summed E-state index contributed by atoms with van der Waals surface area (Å²) in [5, 5.41) is 0. The SMILES string of the molecule is C=S(C)(=O)CC(C)(C)C. The first-order valence-electron chi connectivity index (χ1n) is 3.01. The van der Waals surface area contributed by atoms with Crippen molar-refractivity contribution in [2.45, 2.75) is 20.8 Å². The highest BCUT2D eigenvalue weighted by Crippen LogP contribution is 2.14. The van der Waals surface area contributed by atoms with Crippen molar-refractivity contribution >= 4 is 15.4 Å². The lowest BCUT2D eigenvalue weighted by Crippen LogP contribution is -2.18. The fraction of sp³-hybridized carbons (Fsp3) is 0.857. The standard InChI is InChI=1S/C7H16OS/c1-7(2,3)6-9(4,5)8/h4,6H2,1-3,5H3. The second kappa shape index (κ2) is 2.33. The van der Waals surface area contributed by atoms with E-state index in [1.807, 2.05) is 0 Å². The van der Waals surface area contributed by atoms with Crippen molar-refractivity contribution in [1.29, 1.82) is 0 Å². The second-order valence-electron chi connectivity index (χ2n) is 3.89. The Balaban J connectivity index is 4.07. The minimum Gasteiger partial charge on any atom is -0.268 e. The van der Waals surface area contributed by atoms with E-state index in [-0.39, 0.29) is 5.41 Å². The van der Waals surface area contributed by atoms with Crippen molar-refractivity contribution in [2.24, 2.45) is 5.41 Å². The van der Waals surface area contributed by atoms with Crippen LogP contribution in [0, 0.1) is 5.41 Å². The molecule has 1 nitrogen and oxygen atoms in total. The summed E-state index contributed by atoms with van der Waals surface area (Å²) in [5.74, 6) is 4.29. The van der Waals surface area contributed by atoms with Gasteiger partial charge >= 0.3 is 0 Å². The molecular formula is C7H16OS. The molecule has 0 heterocycles. The summed E-state index contributed by atoms with van der Waals surface area (Å²) in [4.78, 5) is 0. The molecule has 0 radical (unpaired) electrons. The second-order valence-corrected chi connectivity index (χ2v) is 6.55. The van der Waals surface area contributed by atoms with Crippen LogP contribution in [0.3, 0.4) is 0 Å². The molecule has 0 aliphatic rings. The highest BCUT2D eigenvalue weighted by Gasteiger charge is 2.12. The minimum absolute atomic E-state index is 0.146. The molecule has 0 rings (SSSR count). The van der Waals surface area contributed by atoms with E-state index < -0.39 is 9.52 Å². The van der Waals surface area contributed by atoms with Gasteiger partial charge in [0.05, 0.1) is 0 Å². The third-order valence-electron chi connectivity index (χ3n) is 0.738. The van der Waals surface area contributed by atoms with Crippen molar-refractivity contribution in [3.63, 3.8) is 0 Å². The highest BCUT2D eigenvalue weighted by molar-refractivity contribution is 7.99. The molecule has 2 heteroatoms. The Kier molecular flexibility index (Phi) is 2.34. The van der Waals surface area contributed by atoms with Gasteiger partial charge in [-0.25, -0.2) is 0 Å². The Morgan fingerprint density at radius 3 is 1.78 bits per heavy atom. The van der Waals surface area contributed by atoms with Crippen LogP contribution in [0.5, 0.6) is 0 Å². The molecule has 1 atom stereocenters. The van der Waals surface area contributed by atoms with Crippen LogP contribution >= 0.6 is 0 Å². The number of hydrogen-bond acceptors (Lipinski definition) is 1. The van der Waals surface area contributed by atoms with Crippen molar-refractivity contribution in [2.75, 3.05) is 12.0 Å². The zero-order chi connectivity index (χ0) is 7.71. The molecule has 1 unspecified atom stereocenters. The van der Waals surface area contributed by atoms with Crippen LogP contribution in [0.15, 0.2) is 0 Å². The summed E-state index contributed by atoms with van der Waals surface area (Å²) in [7, 11) is -1.78. The zero-order valence-corrected chi connectivity index (χ0v) is 7.55. The predicted molar refractivity (Wildman–Crippen MR) is 45.5 cm³/mol. The summed E-state index contributed by atoms with van der Waals surface area (Å²) < 4.78 is 11.1. The van der Waals surface area contributed by atoms with E-state index in [1.54, 1.807) is 6.26 Å². The quantitative estimate of drug-likeness (QED) is 0.513. The third-order valence-corrected chi connectivity index (χ3v) is 2.22. The van der Waals surface area contributed by atoms with Gasteiger partial charge < -0.3 is 0 Å². The molecular weight excluding hydrogens is 132 g/mol. The van der Waals surface area contributed by atoms with Crippen LogP contribution in [-0.2, 0) is 9.52 Å². The fourth-order valence-electron chi connectivity index (χ4n) is 0.916. The third kappa shape index (κ3) is 8.02. The van der Waals surface area contributed by atoms with Gasteiger partial charge in [0.25, 0.3) is 0 Å². The van der Waals surface area contributed by atoms with Crippen molar-refractivity contribution < 1.29 is 4.21 Å². The Morgan fingerprint density at radius 1 is 1.44 bits per heavy atom. The Bertz CT molecular complexity index is 170. The molecule has 0 aromatic carbocycles. The summed E-state index contributed by atoms with van der Waals surface area (Å²) >= 11 is 0. The maximum absolute atomic E-state index is 11.1. The fourth-order valence-corrected chi connectivity index (χ4v) is 2.75. The van der Waals surface area contributed by atoms with Crippen LogP contribution in [0.4, 0.5) is 0 Å². The van der Waals surface area contributed by atoms with Gasteiger partial charge in [0, 0.05) is 12.0 Å². The molecule has 0 aliphatic heterocycles. The topological polar surface area (TPSA) is 17.1 Å². The molecule has 56 valence electrons. The summed E-state index contributed by atoms with van der Waals surface area (Å²) in [6.07, 6.45) is 1.71. The maximum atomic E-state index is 11.1. The first-order valence-corrected chi connectivity index (χ1v) is 5.31. The molecule has 0 saturated heterocycles. The van der Waals surface area contributed by atoms with E-state index in [1.165, 1.54) is 0 Å². The van der Waals surface area contributed by atoms with Gasteiger partial charge in [-0.2, -0.15) is 0 Å². The van der Waals surface area contributed by atoms with Crippen LogP contribution in [0.25, 0.3) is 0 Å². The van der Waals surface area contributed by atoms with Gasteiger partial charge in [0.1, 0.15) is 0 Å². The average molecular weight is 148 g/mol. The van der Waals surface area contributed by atoms with Gasteiger partial charge in [-0.1, -0.05) is 20.8 Å². The maximum Gasteiger partial charge on any atom is 0.0204 e. The Labute approximate surface area is 58.5 Å². The van der Waals surface area contributed by atoms with E-state index in [4.69, 9.17) is 0 Å². The van der Waals surface area contributed by atoms with Crippen molar-refractivity contribution in [3.05, 3.63) is 0 Å². The molecule has 0 spiro atoms. The molecule has 9 heavy (non-hydrogen) atoms. The van der Waals surface area contributed by atoms with Gasteiger partial charge in [-0.05, 0) is 20.8 Å². The summed E-state index contributed by atoms with van der Waals surface area (Å²) in [6, 6.07) is 0. The normalized spacial score (nSPS) is 19.1. The lowest BCUT2D eigenvalue weighted by molar-refractivity contribution is 0.474. The van der Waals surface area contributed by atoms with Gasteiger partial charge in [-0.3, -0.25) is 4.21 Å². The molecule has 0 N–H and O–H groups in total. The molecule has 0 fully saturated rings. The minimum atomic E-state index is -1.78. The molecule has 0 bridgehead atoms. The predicted octanol–water partition coefficient (Wildman–Crippen LogP) is 1.38. The average Bonchev–Trinajstić information content (AvgIpc) is 1.14. The van der Waals surface area contributed by atoms with E-state index >= 15 is 0 Å². The first-order chi connectivity index (χ1) is 3.71. The van der Waals surface area contributed by atoms with Gasteiger partial charge in [0.15, 0.2) is 0 Å². The lowest BCUT2D eigenvalue weighted by atomic mass is 10.0. The summed E-state index contributed by atoms with van der Waals surface area (Å²) in [5.41, 5.74) is 0.146. The molecule has 0 saturated carbocycles. The summed E-state index contributed by atoms with van der Waals surface area (Å²) in [6.45, 7) is 6.21. The van der Waals surface area contributed by atoms with Gasteiger partial charge in [0.2, 0.25) is 0 Å². The Hall–Kier alpha value is 0.0200.